The number of nitrogens with one attached hydrogen (secondary N) is 2. The van der Waals surface area contributed by atoms with E-state index in [4.69, 9.17) is 21.1 Å². The number of methoxy groups -OCH3 is 3. The number of benzene rings is 1. The van der Waals surface area contributed by atoms with Gasteiger partial charge >= 0.3 is 12.0 Å². The summed E-state index contributed by atoms with van der Waals surface area (Å²) in [4.78, 5) is 22.9. The van der Waals surface area contributed by atoms with Crippen molar-refractivity contribution in [1.82, 2.24) is 5.32 Å². The van der Waals surface area contributed by atoms with E-state index in [1.54, 1.807) is 12.1 Å². The SMILES string of the molecule is COC(=O)CCCCCNC(=O)Nc1cc(Cl)c(OC)cc1OC. The maximum absolute atomic E-state index is 11.9. The van der Waals surface area contributed by atoms with Crippen LogP contribution < -0.4 is 20.1 Å². The second-order valence-corrected chi connectivity index (χ2v) is 5.36. The van der Waals surface area contributed by atoms with Crippen LogP contribution in [0.4, 0.5) is 10.5 Å². The highest BCUT2D eigenvalue weighted by Gasteiger charge is 2.12. The predicted octanol–water partition coefficient (Wildman–Crippen LogP) is 3.21. The van der Waals surface area contributed by atoms with Gasteiger partial charge in [-0.3, -0.25) is 4.79 Å². The standard InChI is InChI=1S/C16H23ClN2O5/c1-22-13-10-14(23-2)12(9-11(13)17)19-16(21)18-8-6-4-5-7-15(20)24-3/h9-10H,4-8H2,1-3H3,(H2,18,19,21). The molecule has 0 radical (unpaired) electrons. The van der Waals surface area contributed by atoms with E-state index in [1.165, 1.54) is 21.3 Å². The Balaban J connectivity index is 2.40. The Bertz CT molecular complexity index is 566. The molecule has 0 heterocycles. The Morgan fingerprint density at radius 3 is 2.38 bits per heavy atom. The molecule has 2 N–H and O–H groups in total. The second-order valence-electron chi connectivity index (χ2n) is 4.95. The van der Waals surface area contributed by atoms with Gasteiger partial charge in [0.25, 0.3) is 0 Å². The lowest BCUT2D eigenvalue weighted by atomic mass is 10.2. The van der Waals surface area contributed by atoms with Crippen molar-refractivity contribution in [2.75, 3.05) is 33.2 Å². The number of unbranched alkanes of at least 4 members (excludes halogenated alkanes) is 2. The minimum atomic E-state index is -0.359. The van der Waals surface area contributed by atoms with E-state index < -0.39 is 0 Å². The van der Waals surface area contributed by atoms with Crippen LogP contribution in [0.25, 0.3) is 0 Å². The molecular weight excluding hydrogens is 336 g/mol. The second kappa shape index (κ2) is 10.6. The van der Waals surface area contributed by atoms with Gasteiger partial charge in [-0.05, 0) is 18.9 Å². The van der Waals surface area contributed by atoms with Crippen molar-refractivity contribution in [3.63, 3.8) is 0 Å². The Kier molecular flexibility index (Phi) is 8.78. The van der Waals surface area contributed by atoms with E-state index in [-0.39, 0.29) is 12.0 Å². The third-order valence-corrected chi connectivity index (χ3v) is 3.59. The van der Waals surface area contributed by atoms with Gasteiger partial charge in [0.05, 0.1) is 32.0 Å². The zero-order valence-electron chi connectivity index (χ0n) is 14.1. The summed E-state index contributed by atoms with van der Waals surface area (Å²) in [5.41, 5.74) is 0.450. The maximum atomic E-state index is 11.9. The number of carbonyl (C=O) groups excluding carboxylic acids is 2. The van der Waals surface area contributed by atoms with Crippen LogP contribution >= 0.6 is 11.6 Å². The van der Waals surface area contributed by atoms with E-state index in [0.717, 1.165) is 19.3 Å². The fourth-order valence-corrected chi connectivity index (χ4v) is 2.24. The largest absolute Gasteiger partial charge is 0.495 e. The van der Waals surface area contributed by atoms with Crippen molar-refractivity contribution in [2.45, 2.75) is 25.7 Å². The molecule has 7 nitrogen and oxygen atoms in total. The number of amides is 2. The number of ether oxygens (including phenoxy) is 3. The molecule has 0 aromatic heterocycles. The highest BCUT2D eigenvalue weighted by molar-refractivity contribution is 6.32. The monoisotopic (exact) mass is 358 g/mol. The van der Waals surface area contributed by atoms with Gasteiger partial charge in [0.2, 0.25) is 0 Å². The molecule has 134 valence electrons. The van der Waals surface area contributed by atoms with Crippen LogP contribution in [-0.4, -0.2) is 39.9 Å². The molecule has 0 aliphatic heterocycles. The quantitative estimate of drug-likeness (QED) is 0.523. The summed E-state index contributed by atoms with van der Waals surface area (Å²) in [6.45, 7) is 0.499. The van der Waals surface area contributed by atoms with Crippen LogP contribution in [0.3, 0.4) is 0 Å². The number of halogens is 1. The van der Waals surface area contributed by atoms with Gasteiger partial charge in [0.15, 0.2) is 0 Å². The number of rotatable bonds is 9. The number of esters is 1. The van der Waals surface area contributed by atoms with Crippen molar-refractivity contribution in [1.29, 1.82) is 0 Å². The van der Waals surface area contributed by atoms with Crippen molar-refractivity contribution in [3.8, 4) is 11.5 Å². The minimum Gasteiger partial charge on any atom is -0.495 e. The Hall–Kier alpha value is -2.15. The van der Waals surface area contributed by atoms with E-state index in [1.807, 2.05) is 0 Å². The molecule has 1 rings (SSSR count). The van der Waals surface area contributed by atoms with Gasteiger partial charge in [-0.25, -0.2) is 4.79 Å². The molecule has 0 bridgehead atoms. The minimum absolute atomic E-state index is 0.218. The lowest BCUT2D eigenvalue weighted by Gasteiger charge is -2.13. The normalized spacial score (nSPS) is 10.0. The zero-order valence-corrected chi connectivity index (χ0v) is 14.9. The highest BCUT2D eigenvalue weighted by Crippen LogP contribution is 2.35. The summed E-state index contributed by atoms with van der Waals surface area (Å²) in [5, 5.41) is 5.79. The first-order valence-corrected chi connectivity index (χ1v) is 7.92. The molecule has 0 spiro atoms. The molecule has 8 heteroatoms. The summed E-state index contributed by atoms with van der Waals surface area (Å²) >= 11 is 6.05. The van der Waals surface area contributed by atoms with Crippen molar-refractivity contribution in [3.05, 3.63) is 17.2 Å². The summed E-state index contributed by atoms with van der Waals surface area (Å²) in [7, 11) is 4.36. The molecule has 0 saturated carbocycles. The molecule has 24 heavy (non-hydrogen) atoms. The zero-order chi connectivity index (χ0) is 17.9. The van der Waals surface area contributed by atoms with Crippen LogP contribution in [0, 0.1) is 0 Å². The smallest absolute Gasteiger partial charge is 0.319 e. The molecule has 1 aromatic rings. The van der Waals surface area contributed by atoms with Gasteiger partial charge in [0, 0.05) is 19.0 Å². The predicted molar refractivity (Wildman–Crippen MR) is 92.1 cm³/mol. The van der Waals surface area contributed by atoms with Crippen LogP contribution in [-0.2, 0) is 9.53 Å². The van der Waals surface area contributed by atoms with Crippen molar-refractivity contribution in [2.24, 2.45) is 0 Å². The van der Waals surface area contributed by atoms with Crippen LogP contribution in [0.15, 0.2) is 12.1 Å². The first-order valence-electron chi connectivity index (χ1n) is 7.55. The van der Waals surface area contributed by atoms with Crippen molar-refractivity contribution < 1.29 is 23.8 Å². The van der Waals surface area contributed by atoms with Gasteiger partial charge in [-0.2, -0.15) is 0 Å². The van der Waals surface area contributed by atoms with Gasteiger partial charge in [-0.15, -0.1) is 0 Å². The van der Waals surface area contributed by atoms with Crippen LogP contribution in [0.1, 0.15) is 25.7 Å². The highest BCUT2D eigenvalue weighted by atomic mass is 35.5. The van der Waals surface area contributed by atoms with E-state index in [0.29, 0.717) is 35.2 Å². The molecule has 0 aliphatic rings. The summed E-state index contributed by atoms with van der Waals surface area (Å²) in [6, 6.07) is 2.81. The number of hydrogen-bond acceptors (Lipinski definition) is 5. The fourth-order valence-electron chi connectivity index (χ4n) is 2.00. The Morgan fingerprint density at radius 2 is 1.75 bits per heavy atom. The number of hydrogen-bond donors (Lipinski definition) is 2. The lowest BCUT2D eigenvalue weighted by molar-refractivity contribution is -0.140. The third kappa shape index (κ3) is 6.54. The van der Waals surface area contributed by atoms with E-state index >= 15 is 0 Å². The molecule has 0 fully saturated rings. The topological polar surface area (TPSA) is 85.9 Å². The molecule has 2 amide bonds. The number of carbonyl (C=O) groups is 2. The Labute approximate surface area is 146 Å². The number of anilines is 1. The fraction of sp³-hybridized carbons (Fsp3) is 0.500. The average Bonchev–Trinajstić information content (AvgIpc) is 2.57. The molecule has 0 saturated heterocycles. The summed E-state index contributed by atoms with van der Waals surface area (Å²) < 4.78 is 14.9. The van der Waals surface area contributed by atoms with Crippen molar-refractivity contribution >= 4 is 29.3 Å². The lowest BCUT2D eigenvalue weighted by Crippen LogP contribution is -2.29. The molecular formula is C16H23ClN2O5. The average molecular weight is 359 g/mol. The maximum Gasteiger partial charge on any atom is 0.319 e. The van der Waals surface area contributed by atoms with Gasteiger partial charge < -0.3 is 24.8 Å². The van der Waals surface area contributed by atoms with E-state index in [9.17, 15) is 9.59 Å². The van der Waals surface area contributed by atoms with Crippen LogP contribution in [0.5, 0.6) is 11.5 Å². The first-order chi connectivity index (χ1) is 11.5. The summed E-state index contributed by atoms with van der Waals surface area (Å²) in [5.74, 6) is 0.693. The van der Waals surface area contributed by atoms with Crippen LogP contribution in [0.2, 0.25) is 5.02 Å². The molecule has 0 atom stereocenters. The number of urea groups is 1. The first kappa shape index (κ1) is 19.9. The van der Waals surface area contributed by atoms with E-state index in [2.05, 4.69) is 15.4 Å². The van der Waals surface area contributed by atoms with Gasteiger partial charge in [0.1, 0.15) is 11.5 Å². The molecule has 0 aliphatic carbocycles. The molecule has 0 unspecified atom stereocenters. The van der Waals surface area contributed by atoms with Gasteiger partial charge in [-0.1, -0.05) is 18.0 Å². The molecule has 1 aromatic carbocycles. The third-order valence-electron chi connectivity index (χ3n) is 3.29. The Morgan fingerprint density at radius 1 is 1.04 bits per heavy atom. The summed E-state index contributed by atoms with van der Waals surface area (Å²) in [6.07, 6.45) is 2.72.